The Kier molecular flexibility index (Phi) is 8.10. The SMILES string of the molecule is CN=C(NCc1ccc2ccccc2c1)NCC1(C(=O)N(C)C)CCCC1.I. The first-order valence-corrected chi connectivity index (χ1v) is 9.68. The van der Waals surface area contributed by atoms with Crippen LogP contribution < -0.4 is 10.6 Å². The van der Waals surface area contributed by atoms with Gasteiger partial charge in [0.15, 0.2) is 5.96 Å². The number of nitrogens with zero attached hydrogens (tertiary/aromatic N) is 2. The van der Waals surface area contributed by atoms with Crippen LogP contribution >= 0.6 is 24.0 Å². The Bertz CT molecular complexity index is 828. The molecule has 1 amide bonds. The lowest BCUT2D eigenvalue weighted by Gasteiger charge is -2.31. The summed E-state index contributed by atoms with van der Waals surface area (Å²) >= 11 is 0. The molecule has 0 bridgehead atoms. The third kappa shape index (κ3) is 5.16. The van der Waals surface area contributed by atoms with Crippen molar-refractivity contribution in [2.24, 2.45) is 10.4 Å². The van der Waals surface area contributed by atoms with Crippen molar-refractivity contribution in [3.63, 3.8) is 0 Å². The van der Waals surface area contributed by atoms with E-state index in [1.165, 1.54) is 16.3 Å². The Labute approximate surface area is 185 Å². The molecule has 2 N–H and O–H groups in total. The molecule has 2 aromatic rings. The molecule has 0 aromatic heterocycles. The Hall–Kier alpha value is -1.83. The monoisotopic (exact) mass is 494 g/mol. The molecule has 0 saturated heterocycles. The standard InChI is InChI=1S/C22H30N4O.HI/c1-23-21(25-16-22(12-6-7-13-22)20(27)26(2)3)24-15-17-10-11-18-8-4-5-9-19(18)14-17;/h4-5,8-11,14H,6-7,12-13,15-16H2,1-3H3,(H2,23,24,25);1H. The summed E-state index contributed by atoms with van der Waals surface area (Å²) in [6, 6.07) is 14.8. The van der Waals surface area contributed by atoms with Gasteiger partial charge in [0.05, 0.1) is 5.41 Å². The van der Waals surface area contributed by atoms with E-state index in [4.69, 9.17) is 0 Å². The fourth-order valence-electron chi connectivity index (χ4n) is 4.00. The van der Waals surface area contributed by atoms with Crippen LogP contribution in [-0.4, -0.2) is 44.5 Å². The predicted octanol–water partition coefficient (Wildman–Crippen LogP) is 3.77. The summed E-state index contributed by atoms with van der Waals surface area (Å²) in [5.74, 6) is 0.957. The second-order valence-electron chi connectivity index (χ2n) is 7.65. The lowest BCUT2D eigenvalue weighted by molar-refractivity contribution is -0.138. The third-order valence-electron chi connectivity index (χ3n) is 5.51. The summed E-state index contributed by atoms with van der Waals surface area (Å²) in [5, 5.41) is 9.24. The van der Waals surface area contributed by atoms with Crippen LogP contribution in [0, 0.1) is 5.41 Å². The molecule has 0 spiro atoms. The fraction of sp³-hybridized carbons (Fsp3) is 0.455. The minimum absolute atomic E-state index is 0. The van der Waals surface area contributed by atoms with Gasteiger partial charge in [-0.2, -0.15) is 0 Å². The molecule has 1 aliphatic rings. The Morgan fingerprint density at radius 2 is 1.75 bits per heavy atom. The molecule has 0 aliphatic heterocycles. The highest BCUT2D eigenvalue weighted by Gasteiger charge is 2.42. The van der Waals surface area contributed by atoms with E-state index < -0.39 is 0 Å². The number of benzene rings is 2. The van der Waals surface area contributed by atoms with E-state index in [2.05, 4.69) is 58.1 Å². The largest absolute Gasteiger partial charge is 0.355 e. The number of fused-ring (bicyclic) bond motifs is 1. The number of carbonyl (C=O) groups is 1. The van der Waals surface area contributed by atoms with E-state index in [-0.39, 0.29) is 35.3 Å². The first-order chi connectivity index (χ1) is 13.0. The molecule has 1 saturated carbocycles. The fourth-order valence-corrected chi connectivity index (χ4v) is 4.00. The number of hydrogen-bond donors (Lipinski definition) is 2. The van der Waals surface area contributed by atoms with Crippen LogP contribution in [0.2, 0.25) is 0 Å². The van der Waals surface area contributed by atoms with Gasteiger partial charge in [-0.1, -0.05) is 49.2 Å². The molecular weight excluding hydrogens is 463 g/mol. The van der Waals surface area contributed by atoms with E-state index in [0.29, 0.717) is 13.1 Å². The van der Waals surface area contributed by atoms with Gasteiger partial charge in [-0.15, -0.1) is 24.0 Å². The summed E-state index contributed by atoms with van der Waals surface area (Å²) in [6.45, 7) is 1.32. The second kappa shape index (κ2) is 10.1. The van der Waals surface area contributed by atoms with Crippen LogP contribution in [-0.2, 0) is 11.3 Å². The van der Waals surface area contributed by atoms with Gasteiger partial charge in [0.2, 0.25) is 5.91 Å². The van der Waals surface area contributed by atoms with Gasteiger partial charge in [0.25, 0.3) is 0 Å². The number of rotatable bonds is 5. The average Bonchev–Trinajstić information content (AvgIpc) is 3.17. The zero-order chi connectivity index (χ0) is 19.3. The summed E-state index contributed by atoms with van der Waals surface area (Å²) in [5.41, 5.74) is 0.904. The summed E-state index contributed by atoms with van der Waals surface area (Å²) in [7, 11) is 5.45. The molecule has 1 aliphatic carbocycles. The van der Waals surface area contributed by atoms with E-state index in [1.807, 2.05) is 14.1 Å². The van der Waals surface area contributed by atoms with Crippen molar-refractivity contribution in [3.8, 4) is 0 Å². The lowest BCUT2D eigenvalue weighted by atomic mass is 9.84. The van der Waals surface area contributed by atoms with Crippen LogP contribution in [0.5, 0.6) is 0 Å². The zero-order valence-corrected chi connectivity index (χ0v) is 19.3. The molecule has 0 unspecified atom stereocenters. The normalized spacial score (nSPS) is 15.8. The van der Waals surface area contributed by atoms with E-state index >= 15 is 0 Å². The molecular formula is C22H31IN4O. The highest BCUT2D eigenvalue weighted by molar-refractivity contribution is 14.0. The van der Waals surface area contributed by atoms with Crippen LogP contribution in [0.4, 0.5) is 0 Å². The van der Waals surface area contributed by atoms with E-state index in [0.717, 1.165) is 31.6 Å². The number of hydrogen-bond acceptors (Lipinski definition) is 2. The maximum Gasteiger partial charge on any atom is 0.230 e. The van der Waals surface area contributed by atoms with Crippen molar-refractivity contribution in [1.29, 1.82) is 0 Å². The molecule has 2 aromatic carbocycles. The number of carbonyl (C=O) groups excluding carboxylic acids is 1. The minimum atomic E-state index is -0.302. The summed E-state index contributed by atoms with van der Waals surface area (Å²) < 4.78 is 0. The Balaban J connectivity index is 0.00000280. The molecule has 28 heavy (non-hydrogen) atoms. The molecule has 1 fully saturated rings. The van der Waals surface area contributed by atoms with Crippen molar-refractivity contribution in [1.82, 2.24) is 15.5 Å². The quantitative estimate of drug-likeness (QED) is 0.378. The van der Waals surface area contributed by atoms with Crippen LogP contribution in [0.1, 0.15) is 31.2 Å². The third-order valence-corrected chi connectivity index (χ3v) is 5.51. The molecule has 152 valence electrons. The van der Waals surface area contributed by atoms with Crippen molar-refractivity contribution in [2.75, 3.05) is 27.7 Å². The molecule has 0 radical (unpaired) electrons. The number of halogens is 1. The van der Waals surface area contributed by atoms with Crippen molar-refractivity contribution in [2.45, 2.75) is 32.2 Å². The van der Waals surface area contributed by atoms with Crippen molar-refractivity contribution < 1.29 is 4.79 Å². The van der Waals surface area contributed by atoms with Crippen molar-refractivity contribution >= 4 is 46.6 Å². The number of nitrogens with one attached hydrogen (secondary N) is 2. The highest BCUT2D eigenvalue weighted by Crippen LogP contribution is 2.38. The minimum Gasteiger partial charge on any atom is -0.355 e. The Morgan fingerprint density at radius 3 is 2.39 bits per heavy atom. The number of guanidine groups is 1. The molecule has 5 nitrogen and oxygen atoms in total. The first kappa shape index (κ1) is 22.5. The maximum absolute atomic E-state index is 12.7. The van der Waals surface area contributed by atoms with Gasteiger partial charge in [-0.3, -0.25) is 9.79 Å². The van der Waals surface area contributed by atoms with Crippen molar-refractivity contribution in [3.05, 3.63) is 48.0 Å². The summed E-state index contributed by atoms with van der Waals surface area (Å²) in [6.07, 6.45) is 4.12. The Morgan fingerprint density at radius 1 is 1.07 bits per heavy atom. The molecule has 6 heteroatoms. The smallest absolute Gasteiger partial charge is 0.230 e. The van der Waals surface area contributed by atoms with E-state index in [1.54, 1.807) is 11.9 Å². The van der Waals surface area contributed by atoms with Gasteiger partial charge in [-0.05, 0) is 35.2 Å². The maximum atomic E-state index is 12.7. The molecule has 0 atom stereocenters. The van der Waals surface area contributed by atoms with Crippen LogP contribution in [0.25, 0.3) is 10.8 Å². The van der Waals surface area contributed by atoms with Crippen LogP contribution in [0.15, 0.2) is 47.5 Å². The second-order valence-corrected chi connectivity index (χ2v) is 7.65. The van der Waals surface area contributed by atoms with Crippen LogP contribution in [0.3, 0.4) is 0 Å². The van der Waals surface area contributed by atoms with Gasteiger partial charge in [0, 0.05) is 34.2 Å². The molecule has 3 rings (SSSR count). The van der Waals surface area contributed by atoms with Gasteiger partial charge in [0.1, 0.15) is 0 Å². The van der Waals surface area contributed by atoms with Gasteiger partial charge in [-0.25, -0.2) is 0 Å². The number of amides is 1. The van der Waals surface area contributed by atoms with Gasteiger partial charge >= 0.3 is 0 Å². The number of aliphatic imine (C=N–C) groups is 1. The zero-order valence-electron chi connectivity index (χ0n) is 17.0. The highest BCUT2D eigenvalue weighted by atomic mass is 127. The molecule has 0 heterocycles. The summed E-state index contributed by atoms with van der Waals surface area (Å²) in [4.78, 5) is 18.7. The van der Waals surface area contributed by atoms with E-state index in [9.17, 15) is 4.79 Å². The first-order valence-electron chi connectivity index (χ1n) is 9.68. The van der Waals surface area contributed by atoms with Gasteiger partial charge < -0.3 is 15.5 Å². The predicted molar refractivity (Wildman–Crippen MR) is 127 cm³/mol. The topological polar surface area (TPSA) is 56.7 Å². The lowest BCUT2D eigenvalue weighted by Crippen LogP contribution is -2.49. The average molecular weight is 494 g/mol.